The molecule has 0 aromatic carbocycles. The molecule has 0 aliphatic carbocycles. The summed E-state index contributed by atoms with van der Waals surface area (Å²) < 4.78 is 0. The van der Waals surface area contributed by atoms with Gasteiger partial charge in [-0.2, -0.15) is 0 Å². The van der Waals surface area contributed by atoms with Crippen molar-refractivity contribution in [3.05, 3.63) is 21.9 Å². The van der Waals surface area contributed by atoms with E-state index in [0.29, 0.717) is 0 Å². The molecule has 1 rings (SSSR count). The van der Waals surface area contributed by atoms with Crippen molar-refractivity contribution in [3.8, 4) is 12.3 Å². The van der Waals surface area contributed by atoms with Crippen LogP contribution >= 0.6 is 11.3 Å². The molecule has 0 bridgehead atoms. The summed E-state index contributed by atoms with van der Waals surface area (Å²) in [5.74, 6) is 2.67. The van der Waals surface area contributed by atoms with Crippen LogP contribution in [0.15, 0.2) is 12.1 Å². The number of rotatable bonds is 3. The molecule has 0 saturated heterocycles. The van der Waals surface area contributed by atoms with Crippen LogP contribution in [0.4, 0.5) is 0 Å². The quantitative estimate of drug-likeness (QED) is 0.773. The maximum atomic E-state index is 5.30. The van der Waals surface area contributed by atoms with Crippen molar-refractivity contribution in [2.24, 2.45) is 0 Å². The normalized spacial score (nSPS) is 13.5. The van der Waals surface area contributed by atoms with E-state index in [-0.39, 0.29) is 11.5 Å². The Morgan fingerprint density at radius 3 is 2.60 bits per heavy atom. The molecule has 1 heterocycles. The lowest BCUT2D eigenvalue weighted by Crippen LogP contribution is -2.22. The summed E-state index contributed by atoms with van der Waals surface area (Å²) in [6.45, 7) is 9.57. The van der Waals surface area contributed by atoms with Crippen molar-refractivity contribution >= 4 is 11.3 Å². The van der Waals surface area contributed by atoms with Gasteiger partial charge in [0, 0.05) is 16.3 Å². The zero-order chi connectivity index (χ0) is 11.5. The number of hydrogen-bond donors (Lipinski definition) is 1. The Morgan fingerprint density at radius 2 is 2.13 bits per heavy atom. The molecular weight excluding hydrogens is 202 g/mol. The van der Waals surface area contributed by atoms with Crippen LogP contribution in [0, 0.1) is 12.3 Å². The van der Waals surface area contributed by atoms with Crippen molar-refractivity contribution in [2.75, 3.05) is 0 Å². The summed E-state index contributed by atoms with van der Waals surface area (Å²) in [4.78, 5) is 2.77. The highest BCUT2D eigenvalue weighted by molar-refractivity contribution is 7.12. The van der Waals surface area contributed by atoms with Gasteiger partial charge < -0.3 is 0 Å². The van der Waals surface area contributed by atoms with Crippen molar-refractivity contribution in [1.82, 2.24) is 5.32 Å². The third-order valence-electron chi connectivity index (χ3n) is 2.23. The Morgan fingerprint density at radius 1 is 1.47 bits per heavy atom. The Bertz CT molecular complexity index is 351. The zero-order valence-corrected chi connectivity index (χ0v) is 10.7. The predicted octanol–water partition coefficient (Wildman–Crippen LogP) is 3.16. The molecule has 1 unspecified atom stereocenters. The van der Waals surface area contributed by atoms with E-state index in [1.807, 2.05) is 18.3 Å². The summed E-state index contributed by atoms with van der Waals surface area (Å²) in [6, 6.07) is 4.54. The van der Waals surface area contributed by atoms with Crippen LogP contribution < -0.4 is 5.32 Å². The van der Waals surface area contributed by atoms with Gasteiger partial charge in [-0.05, 0) is 24.5 Å². The Balaban J connectivity index is 2.59. The van der Waals surface area contributed by atoms with E-state index in [2.05, 4.69) is 44.1 Å². The molecule has 0 radical (unpaired) electrons. The second kappa shape index (κ2) is 4.83. The second-order valence-corrected chi connectivity index (χ2v) is 5.95. The number of hydrogen-bond acceptors (Lipinski definition) is 2. The lowest BCUT2D eigenvalue weighted by molar-refractivity contribution is 0.604. The molecule has 2 heteroatoms. The topological polar surface area (TPSA) is 12.0 Å². The maximum Gasteiger partial charge on any atom is 0.0661 e. The Hall–Kier alpha value is -0.780. The number of terminal acetylenes is 1. The highest BCUT2D eigenvalue weighted by Gasteiger charge is 2.15. The van der Waals surface area contributed by atoms with Gasteiger partial charge in [0.1, 0.15) is 0 Å². The first kappa shape index (κ1) is 12.3. The molecule has 1 N–H and O–H groups in total. The summed E-state index contributed by atoms with van der Waals surface area (Å²) in [7, 11) is 0. The first-order valence-corrected chi connectivity index (χ1v) is 6.04. The Kier molecular flexibility index (Phi) is 3.96. The fourth-order valence-electron chi connectivity index (χ4n) is 1.19. The Labute approximate surface area is 96.9 Å². The summed E-state index contributed by atoms with van der Waals surface area (Å²) in [5.41, 5.74) is 0.251. The molecule has 0 spiro atoms. The molecule has 1 aromatic heterocycles. The third kappa shape index (κ3) is 3.70. The minimum Gasteiger partial charge on any atom is -0.299 e. The van der Waals surface area contributed by atoms with Crippen LogP contribution in [-0.4, -0.2) is 6.04 Å². The second-order valence-electron chi connectivity index (χ2n) is 4.79. The lowest BCUT2D eigenvalue weighted by Gasteiger charge is -2.15. The zero-order valence-electron chi connectivity index (χ0n) is 9.92. The SMILES string of the molecule is C#CC(C)NCc1ccc(C(C)(C)C)s1. The van der Waals surface area contributed by atoms with Gasteiger partial charge in [-0.1, -0.05) is 26.7 Å². The van der Waals surface area contributed by atoms with E-state index < -0.39 is 0 Å². The number of thiophene rings is 1. The van der Waals surface area contributed by atoms with Crippen LogP contribution in [0.5, 0.6) is 0 Å². The monoisotopic (exact) mass is 221 g/mol. The molecule has 1 atom stereocenters. The highest BCUT2D eigenvalue weighted by Crippen LogP contribution is 2.29. The van der Waals surface area contributed by atoms with Crippen LogP contribution in [0.1, 0.15) is 37.4 Å². The molecule has 15 heavy (non-hydrogen) atoms. The first-order valence-electron chi connectivity index (χ1n) is 5.22. The van der Waals surface area contributed by atoms with Gasteiger partial charge in [-0.25, -0.2) is 0 Å². The van der Waals surface area contributed by atoms with Gasteiger partial charge >= 0.3 is 0 Å². The number of nitrogens with one attached hydrogen (secondary N) is 1. The first-order chi connectivity index (χ1) is 6.93. The van der Waals surface area contributed by atoms with E-state index in [9.17, 15) is 0 Å². The third-order valence-corrected chi connectivity index (χ3v) is 3.74. The van der Waals surface area contributed by atoms with Crippen molar-refractivity contribution in [2.45, 2.75) is 45.7 Å². The summed E-state index contributed by atoms with van der Waals surface area (Å²) in [5, 5.41) is 3.29. The summed E-state index contributed by atoms with van der Waals surface area (Å²) >= 11 is 1.86. The molecular formula is C13H19NS. The minimum atomic E-state index is 0.144. The van der Waals surface area contributed by atoms with Crippen LogP contribution in [0.2, 0.25) is 0 Å². The molecule has 0 fully saturated rings. The molecule has 0 aliphatic rings. The molecule has 0 aliphatic heterocycles. The summed E-state index contributed by atoms with van der Waals surface area (Å²) in [6.07, 6.45) is 5.30. The molecule has 1 aromatic rings. The standard InChI is InChI=1S/C13H19NS/c1-6-10(2)14-9-11-7-8-12(15-11)13(3,4)5/h1,7-8,10,14H,9H2,2-5H3. The van der Waals surface area contributed by atoms with Gasteiger partial charge in [-0.15, -0.1) is 17.8 Å². The predicted molar refractivity (Wildman–Crippen MR) is 68.2 cm³/mol. The highest BCUT2D eigenvalue weighted by atomic mass is 32.1. The van der Waals surface area contributed by atoms with Gasteiger partial charge in [0.25, 0.3) is 0 Å². The molecule has 1 nitrogen and oxygen atoms in total. The van der Waals surface area contributed by atoms with Crippen LogP contribution in [0.3, 0.4) is 0 Å². The van der Waals surface area contributed by atoms with E-state index in [4.69, 9.17) is 6.42 Å². The van der Waals surface area contributed by atoms with Crippen LogP contribution in [0.25, 0.3) is 0 Å². The fraction of sp³-hybridized carbons (Fsp3) is 0.538. The maximum absolute atomic E-state index is 5.30. The van der Waals surface area contributed by atoms with E-state index in [0.717, 1.165) is 6.54 Å². The van der Waals surface area contributed by atoms with Gasteiger partial charge in [0.2, 0.25) is 0 Å². The molecule has 82 valence electrons. The van der Waals surface area contributed by atoms with E-state index in [1.165, 1.54) is 9.75 Å². The van der Waals surface area contributed by atoms with Crippen molar-refractivity contribution in [3.63, 3.8) is 0 Å². The smallest absolute Gasteiger partial charge is 0.0661 e. The van der Waals surface area contributed by atoms with Crippen molar-refractivity contribution < 1.29 is 0 Å². The van der Waals surface area contributed by atoms with Gasteiger partial charge in [0.05, 0.1) is 6.04 Å². The lowest BCUT2D eigenvalue weighted by atomic mass is 9.95. The van der Waals surface area contributed by atoms with E-state index in [1.54, 1.807) is 0 Å². The van der Waals surface area contributed by atoms with Gasteiger partial charge in [0.15, 0.2) is 0 Å². The minimum absolute atomic E-state index is 0.144. The van der Waals surface area contributed by atoms with Gasteiger partial charge in [-0.3, -0.25) is 5.32 Å². The average Bonchev–Trinajstić information content (AvgIpc) is 2.61. The largest absolute Gasteiger partial charge is 0.299 e. The van der Waals surface area contributed by atoms with E-state index >= 15 is 0 Å². The van der Waals surface area contributed by atoms with Crippen LogP contribution in [-0.2, 0) is 12.0 Å². The fourth-order valence-corrected chi connectivity index (χ4v) is 2.20. The molecule has 0 saturated carbocycles. The average molecular weight is 221 g/mol. The molecule has 0 amide bonds. The van der Waals surface area contributed by atoms with Crippen molar-refractivity contribution in [1.29, 1.82) is 0 Å².